The Morgan fingerprint density at radius 2 is 1.61 bits per heavy atom. The van der Waals surface area contributed by atoms with E-state index in [-0.39, 0.29) is 17.2 Å². The predicted molar refractivity (Wildman–Crippen MR) is 123 cm³/mol. The second kappa shape index (κ2) is 9.40. The molecule has 0 aromatic heterocycles. The van der Waals surface area contributed by atoms with E-state index in [0.29, 0.717) is 43.1 Å². The molecule has 1 heterocycles. The third-order valence-corrected chi connectivity index (χ3v) is 7.53. The highest BCUT2D eigenvalue weighted by Gasteiger charge is 2.32. The van der Waals surface area contributed by atoms with Gasteiger partial charge in [0.2, 0.25) is 15.9 Å². The van der Waals surface area contributed by atoms with Gasteiger partial charge in [0.05, 0.1) is 11.5 Å². The minimum atomic E-state index is -3.55. The number of rotatable bonds is 6. The van der Waals surface area contributed by atoms with Crippen LogP contribution in [-0.4, -0.2) is 38.3 Å². The lowest BCUT2D eigenvalue weighted by atomic mass is 9.87. The Morgan fingerprint density at radius 3 is 2.13 bits per heavy atom. The fourth-order valence-electron chi connectivity index (χ4n) is 3.68. The van der Waals surface area contributed by atoms with Gasteiger partial charge in [0.25, 0.3) is 0 Å². The Labute approximate surface area is 185 Å². The van der Waals surface area contributed by atoms with Crippen LogP contribution in [0.2, 0.25) is 0 Å². The van der Waals surface area contributed by atoms with Crippen LogP contribution in [0.15, 0.2) is 53.4 Å². The van der Waals surface area contributed by atoms with Gasteiger partial charge in [-0.25, -0.2) is 8.42 Å². The molecule has 0 saturated carbocycles. The number of hydrogen-bond donors (Lipinski definition) is 1. The van der Waals surface area contributed by atoms with E-state index in [1.165, 1.54) is 4.31 Å². The molecule has 1 aliphatic heterocycles. The molecule has 2 aromatic rings. The summed E-state index contributed by atoms with van der Waals surface area (Å²) in [7, 11) is -3.55. The molecule has 1 N–H and O–H groups in total. The molecular weight excluding hydrogens is 412 g/mol. The summed E-state index contributed by atoms with van der Waals surface area (Å²) < 4.78 is 32.9. The van der Waals surface area contributed by atoms with Gasteiger partial charge in [-0.05, 0) is 67.1 Å². The fraction of sp³-hybridized carbons (Fsp3) is 0.458. The number of hydrogen-bond acceptors (Lipinski definition) is 4. The molecule has 7 heteroatoms. The van der Waals surface area contributed by atoms with E-state index < -0.39 is 10.0 Å². The van der Waals surface area contributed by atoms with Crippen molar-refractivity contribution in [1.29, 1.82) is 0 Å². The zero-order valence-electron chi connectivity index (χ0n) is 18.7. The van der Waals surface area contributed by atoms with Crippen molar-refractivity contribution in [2.45, 2.75) is 50.8 Å². The fourth-order valence-corrected chi connectivity index (χ4v) is 5.15. The number of sulfonamides is 1. The topological polar surface area (TPSA) is 75.7 Å². The van der Waals surface area contributed by atoms with Gasteiger partial charge in [-0.3, -0.25) is 4.79 Å². The lowest BCUT2D eigenvalue weighted by Crippen LogP contribution is -2.41. The van der Waals surface area contributed by atoms with Crippen molar-refractivity contribution in [3.05, 3.63) is 54.1 Å². The first-order chi connectivity index (χ1) is 14.6. The van der Waals surface area contributed by atoms with Gasteiger partial charge in [-0.2, -0.15) is 4.31 Å². The van der Waals surface area contributed by atoms with E-state index >= 15 is 0 Å². The largest absolute Gasteiger partial charge is 0.494 e. The van der Waals surface area contributed by atoms with Crippen LogP contribution in [-0.2, 0) is 20.2 Å². The Hall–Kier alpha value is -2.38. The minimum absolute atomic E-state index is 0.0304. The molecule has 1 fully saturated rings. The summed E-state index contributed by atoms with van der Waals surface area (Å²) in [5.74, 6) is 0.478. The standard InChI is InChI=1S/C24H32N2O4S/c1-5-30-21-10-8-20(9-11-21)25-23(27)18-14-16-26(17-15-18)31(28,29)22-12-6-19(7-13-22)24(2,3)4/h6-13,18H,5,14-17H2,1-4H3,(H,25,27). The van der Waals surface area contributed by atoms with Crippen molar-refractivity contribution in [2.75, 3.05) is 25.0 Å². The Kier molecular flexibility index (Phi) is 7.06. The smallest absolute Gasteiger partial charge is 0.243 e. The molecule has 0 bridgehead atoms. The van der Waals surface area contributed by atoms with Crippen LogP contribution < -0.4 is 10.1 Å². The molecule has 0 aliphatic carbocycles. The molecule has 1 saturated heterocycles. The molecule has 0 radical (unpaired) electrons. The van der Waals surface area contributed by atoms with E-state index in [2.05, 4.69) is 26.1 Å². The summed E-state index contributed by atoms with van der Waals surface area (Å²) in [5, 5.41) is 2.92. The zero-order chi connectivity index (χ0) is 22.6. The van der Waals surface area contributed by atoms with Gasteiger partial charge in [-0.15, -0.1) is 0 Å². The maximum Gasteiger partial charge on any atom is 0.243 e. The lowest BCUT2D eigenvalue weighted by Gasteiger charge is -2.30. The first kappa shape index (κ1) is 23.3. The van der Waals surface area contributed by atoms with Crippen LogP contribution in [0, 0.1) is 5.92 Å². The number of benzene rings is 2. The second-order valence-corrected chi connectivity index (χ2v) is 10.8. The Bertz CT molecular complexity index is 985. The predicted octanol–water partition coefficient (Wildman–Crippen LogP) is 4.42. The third kappa shape index (κ3) is 5.66. The van der Waals surface area contributed by atoms with Gasteiger partial charge >= 0.3 is 0 Å². The van der Waals surface area contributed by atoms with Crippen LogP contribution in [0.1, 0.15) is 46.1 Å². The average Bonchev–Trinajstić information content (AvgIpc) is 2.75. The van der Waals surface area contributed by atoms with Gasteiger partial charge in [-0.1, -0.05) is 32.9 Å². The molecule has 1 aliphatic rings. The maximum atomic E-state index is 13.0. The maximum absolute atomic E-state index is 13.0. The van der Waals surface area contributed by atoms with Gasteiger partial charge in [0.1, 0.15) is 5.75 Å². The number of carbonyl (C=O) groups excluding carboxylic acids is 1. The monoisotopic (exact) mass is 444 g/mol. The summed E-state index contributed by atoms with van der Waals surface area (Å²) in [5.41, 5.74) is 1.77. The van der Waals surface area contributed by atoms with Gasteiger partial charge < -0.3 is 10.1 Å². The molecule has 168 valence electrons. The van der Waals surface area contributed by atoms with Gasteiger partial charge in [0, 0.05) is 24.7 Å². The number of piperidine rings is 1. The van der Waals surface area contributed by atoms with Crippen molar-refractivity contribution < 1.29 is 17.9 Å². The van der Waals surface area contributed by atoms with Crippen LogP contribution in [0.25, 0.3) is 0 Å². The van der Waals surface area contributed by atoms with Crippen molar-refractivity contribution in [2.24, 2.45) is 5.92 Å². The molecule has 2 aromatic carbocycles. The highest BCUT2D eigenvalue weighted by Crippen LogP contribution is 2.28. The number of anilines is 1. The summed E-state index contributed by atoms with van der Waals surface area (Å²) >= 11 is 0. The number of nitrogens with zero attached hydrogens (tertiary/aromatic N) is 1. The van der Waals surface area contributed by atoms with Crippen LogP contribution in [0.4, 0.5) is 5.69 Å². The quantitative estimate of drug-likeness (QED) is 0.716. The average molecular weight is 445 g/mol. The van der Waals surface area contributed by atoms with Crippen LogP contribution in [0.5, 0.6) is 5.75 Å². The van der Waals surface area contributed by atoms with E-state index in [1.54, 1.807) is 12.1 Å². The molecular formula is C24H32N2O4S. The Balaban J connectivity index is 1.58. The van der Waals surface area contributed by atoms with Crippen molar-refractivity contribution in [3.8, 4) is 5.75 Å². The van der Waals surface area contributed by atoms with E-state index in [1.807, 2.05) is 43.3 Å². The lowest BCUT2D eigenvalue weighted by molar-refractivity contribution is -0.120. The third-order valence-electron chi connectivity index (χ3n) is 5.62. The SMILES string of the molecule is CCOc1ccc(NC(=O)C2CCN(S(=O)(=O)c3ccc(C(C)(C)C)cc3)CC2)cc1. The number of nitrogens with one attached hydrogen (secondary N) is 1. The van der Waals surface area contributed by atoms with Crippen molar-refractivity contribution in [1.82, 2.24) is 4.31 Å². The van der Waals surface area contributed by atoms with E-state index in [4.69, 9.17) is 4.74 Å². The first-order valence-electron chi connectivity index (χ1n) is 10.8. The van der Waals surface area contributed by atoms with E-state index in [0.717, 1.165) is 11.3 Å². The molecule has 0 unspecified atom stereocenters. The summed E-state index contributed by atoms with van der Waals surface area (Å²) in [6.07, 6.45) is 1.00. The molecule has 1 amide bonds. The minimum Gasteiger partial charge on any atom is -0.494 e. The first-order valence-corrected chi connectivity index (χ1v) is 12.2. The van der Waals surface area contributed by atoms with Crippen molar-refractivity contribution in [3.63, 3.8) is 0 Å². The second-order valence-electron chi connectivity index (χ2n) is 8.90. The summed E-state index contributed by atoms with van der Waals surface area (Å²) in [4.78, 5) is 12.9. The molecule has 3 rings (SSSR count). The number of carbonyl (C=O) groups is 1. The normalized spacial score (nSPS) is 16.1. The molecule has 6 nitrogen and oxygen atoms in total. The van der Waals surface area contributed by atoms with Crippen molar-refractivity contribution >= 4 is 21.6 Å². The highest BCUT2D eigenvalue weighted by atomic mass is 32.2. The molecule has 0 atom stereocenters. The highest BCUT2D eigenvalue weighted by molar-refractivity contribution is 7.89. The van der Waals surface area contributed by atoms with Crippen LogP contribution >= 0.6 is 0 Å². The van der Waals surface area contributed by atoms with Crippen LogP contribution in [0.3, 0.4) is 0 Å². The number of amides is 1. The zero-order valence-corrected chi connectivity index (χ0v) is 19.5. The van der Waals surface area contributed by atoms with E-state index in [9.17, 15) is 13.2 Å². The van der Waals surface area contributed by atoms with Gasteiger partial charge in [0.15, 0.2) is 0 Å². The molecule has 0 spiro atoms. The summed E-state index contributed by atoms with van der Waals surface area (Å²) in [6, 6.07) is 14.4. The molecule has 31 heavy (non-hydrogen) atoms. The number of ether oxygens (including phenoxy) is 1. The Morgan fingerprint density at radius 1 is 1.03 bits per heavy atom. The summed E-state index contributed by atoms with van der Waals surface area (Å²) in [6.45, 7) is 9.48.